The first-order valence-corrected chi connectivity index (χ1v) is 10.8. The van der Waals surface area contributed by atoms with Crippen LogP contribution in [0.15, 0.2) is 90.2 Å². The van der Waals surface area contributed by atoms with E-state index in [4.69, 9.17) is 9.72 Å². The van der Waals surface area contributed by atoms with Gasteiger partial charge in [-0.15, -0.1) is 0 Å². The standard InChI is InChI=1S/C25H25N3OS/c1-19-9-11-20(12-10-19)18-30-25-26-17-24(27(2)21-7-5-4-6-8-21)28(25)22-13-15-23(29-3)16-14-22/h4-17H,18H2,1-3H3. The molecule has 0 saturated heterocycles. The summed E-state index contributed by atoms with van der Waals surface area (Å²) in [5.74, 6) is 2.71. The largest absolute Gasteiger partial charge is 0.497 e. The van der Waals surface area contributed by atoms with Crippen LogP contribution in [0.1, 0.15) is 11.1 Å². The molecule has 0 atom stereocenters. The van der Waals surface area contributed by atoms with Gasteiger partial charge in [-0.1, -0.05) is 59.8 Å². The predicted molar refractivity (Wildman–Crippen MR) is 125 cm³/mol. The van der Waals surface area contributed by atoms with E-state index in [0.29, 0.717) is 0 Å². The van der Waals surface area contributed by atoms with Crippen molar-refractivity contribution in [2.45, 2.75) is 17.8 Å². The summed E-state index contributed by atoms with van der Waals surface area (Å²) in [4.78, 5) is 6.93. The second-order valence-corrected chi connectivity index (χ2v) is 8.04. The highest BCUT2D eigenvalue weighted by Crippen LogP contribution is 2.33. The van der Waals surface area contributed by atoms with Crippen LogP contribution in [0.3, 0.4) is 0 Å². The number of imidazole rings is 1. The highest BCUT2D eigenvalue weighted by molar-refractivity contribution is 7.98. The fraction of sp³-hybridized carbons (Fsp3) is 0.160. The van der Waals surface area contributed by atoms with Gasteiger partial charge in [0.05, 0.1) is 13.3 Å². The van der Waals surface area contributed by atoms with Gasteiger partial charge < -0.3 is 9.64 Å². The normalized spacial score (nSPS) is 10.8. The van der Waals surface area contributed by atoms with Crippen LogP contribution < -0.4 is 9.64 Å². The summed E-state index contributed by atoms with van der Waals surface area (Å²) in [5.41, 5.74) is 4.72. The molecule has 1 aromatic heterocycles. The predicted octanol–water partition coefficient (Wildman–Crippen LogP) is 6.25. The smallest absolute Gasteiger partial charge is 0.174 e. The molecule has 30 heavy (non-hydrogen) atoms. The van der Waals surface area contributed by atoms with Crippen molar-refractivity contribution < 1.29 is 4.74 Å². The lowest BCUT2D eigenvalue weighted by Crippen LogP contribution is -2.14. The molecular weight excluding hydrogens is 390 g/mol. The van der Waals surface area contributed by atoms with Crippen molar-refractivity contribution in [1.82, 2.24) is 9.55 Å². The molecule has 4 aromatic rings. The number of thioether (sulfide) groups is 1. The number of para-hydroxylation sites is 1. The van der Waals surface area contributed by atoms with E-state index in [9.17, 15) is 0 Å². The van der Waals surface area contributed by atoms with Gasteiger partial charge in [0, 0.05) is 24.2 Å². The Bertz CT molecular complexity index is 1090. The van der Waals surface area contributed by atoms with Crippen LogP contribution in [0.25, 0.3) is 5.69 Å². The summed E-state index contributed by atoms with van der Waals surface area (Å²) < 4.78 is 7.54. The van der Waals surface area contributed by atoms with Gasteiger partial charge in [0.1, 0.15) is 11.6 Å². The van der Waals surface area contributed by atoms with E-state index in [-0.39, 0.29) is 0 Å². The number of benzene rings is 3. The van der Waals surface area contributed by atoms with Crippen LogP contribution >= 0.6 is 11.8 Å². The monoisotopic (exact) mass is 415 g/mol. The fourth-order valence-corrected chi connectivity index (χ4v) is 4.20. The molecule has 5 heteroatoms. The molecular formula is C25H25N3OS. The van der Waals surface area contributed by atoms with Crippen molar-refractivity contribution in [3.05, 3.63) is 96.2 Å². The molecule has 0 unspecified atom stereocenters. The van der Waals surface area contributed by atoms with Gasteiger partial charge in [-0.25, -0.2) is 4.98 Å². The molecule has 0 amide bonds. The van der Waals surface area contributed by atoms with Crippen molar-refractivity contribution in [2.75, 3.05) is 19.1 Å². The zero-order chi connectivity index (χ0) is 20.9. The molecule has 4 nitrogen and oxygen atoms in total. The first-order valence-electron chi connectivity index (χ1n) is 9.85. The summed E-state index contributed by atoms with van der Waals surface area (Å²) in [6.45, 7) is 2.11. The molecule has 0 saturated carbocycles. The number of methoxy groups -OCH3 is 1. The van der Waals surface area contributed by atoms with E-state index in [0.717, 1.165) is 33.9 Å². The molecule has 0 N–H and O–H groups in total. The highest BCUT2D eigenvalue weighted by atomic mass is 32.2. The Morgan fingerprint density at radius 3 is 2.30 bits per heavy atom. The van der Waals surface area contributed by atoms with Gasteiger partial charge in [-0.3, -0.25) is 4.57 Å². The SMILES string of the molecule is COc1ccc(-n2c(N(C)c3ccccc3)cnc2SCc2ccc(C)cc2)cc1. The first-order chi connectivity index (χ1) is 14.7. The molecule has 0 aliphatic carbocycles. The number of aromatic nitrogens is 2. The van der Waals surface area contributed by atoms with Gasteiger partial charge in [-0.05, 0) is 48.9 Å². The fourth-order valence-electron chi connectivity index (χ4n) is 3.25. The van der Waals surface area contributed by atoms with E-state index in [1.165, 1.54) is 11.1 Å². The Balaban J connectivity index is 1.70. The van der Waals surface area contributed by atoms with Crippen LogP contribution in [-0.4, -0.2) is 23.7 Å². The molecule has 0 fully saturated rings. The molecule has 0 spiro atoms. The Hall–Kier alpha value is -3.18. The second-order valence-electron chi connectivity index (χ2n) is 7.10. The van der Waals surface area contributed by atoms with Gasteiger partial charge in [-0.2, -0.15) is 0 Å². The number of nitrogens with zero attached hydrogens (tertiary/aromatic N) is 3. The van der Waals surface area contributed by atoms with E-state index in [2.05, 4.69) is 72.0 Å². The third-order valence-corrected chi connectivity index (χ3v) is 6.04. The summed E-state index contributed by atoms with van der Waals surface area (Å²) in [7, 11) is 3.75. The average Bonchev–Trinajstić information content (AvgIpc) is 3.22. The van der Waals surface area contributed by atoms with Crippen molar-refractivity contribution in [3.63, 3.8) is 0 Å². The molecule has 4 rings (SSSR count). The Labute approximate surface area is 182 Å². The number of hydrogen-bond donors (Lipinski definition) is 0. The van der Waals surface area contributed by atoms with Crippen molar-refractivity contribution in [1.29, 1.82) is 0 Å². The van der Waals surface area contributed by atoms with Crippen molar-refractivity contribution in [2.24, 2.45) is 0 Å². The maximum atomic E-state index is 5.34. The van der Waals surface area contributed by atoms with E-state index in [1.807, 2.05) is 36.5 Å². The van der Waals surface area contributed by atoms with Gasteiger partial charge in [0.2, 0.25) is 0 Å². The number of ether oxygens (including phenoxy) is 1. The second kappa shape index (κ2) is 9.09. The van der Waals surface area contributed by atoms with E-state index in [1.54, 1.807) is 18.9 Å². The Kier molecular flexibility index (Phi) is 6.10. The number of rotatable bonds is 7. The zero-order valence-corrected chi connectivity index (χ0v) is 18.3. The summed E-state index contributed by atoms with van der Waals surface area (Å²) >= 11 is 1.74. The minimum absolute atomic E-state index is 0.839. The van der Waals surface area contributed by atoms with Crippen LogP contribution in [0.2, 0.25) is 0 Å². The van der Waals surface area contributed by atoms with Gasteiger partial charge in [0.15, 0.2) is 5.16 Å². The Morgan fingerprint density at radius 2 is 1.63 bits per heavy atom. The summed E-state index contributed by atoms with van der Waals surface area (Å²) in [5, 5.41) is 0.957. The maximum Gasteiger partial charge on any atom is 0.174 e. The lowest BCUT2D eigenvalue weighted by Gasteiger charge is -2.22. The summed E-state index contributed by atoms with van der Waals surface area (Å²) in [6, 6.07) is 27.1. The number of anilines is 2. The highest BCUT2D eigenvalue weighted by Gasteiger charge is 2.17. The van der Waals surface area contributed by atoms with Crippen LogP contribution in [-0.2, 0) is 5.75 Å². The van der Waals surface area contributed by atoms with Gasteiger partial charge >= 0.3 is 0 Å². The minimum Gasteiger partial charge on any atom is -0.497 e. The quantitative estimate of drug-likeness (QED) is 0.334. The number of hydrogen-bond acceptors (Lipinski definition) is 4. The average molecular weight is 416 g/mol. The van der Waals surface area contributed by atoms with Crippen LogP contribution in [0.4, 0.5) is 11.5 Å². The molecule has 0 radical (unpaired) electrons. The van der Waals surface area contributed by atoms with E-state index < -0.39 is 0 Å². The van der Waals surface area contributed by atoms with Crippen molar-refractivity contribution >= 4 is 23.3 Å². The van der Waals surface area contributed by atoms with Crippen LogP contribution in [0.5, 0.6) is 5.75 Å². The third-order valence-electron chi connectivity index (χ3n) is 5.02. The first kappa shape index (κ1) is 20.1. The molecule has 3 aromatic carbocycles. The molecule has 152 valence electrons. The number of aryl methyl sites for hydroxylation is 1. The topological polar surface area (TPSA) is 30.3 Å². The molecule has 1 heterocycles. The lowest BCUT2D eigenvalue weighted by atomic mass is 10.2. The Morgan fingerprint density at radius 1 is 0.933 bits per heavy atom. The molecule has 0 aliphatic heterocycles. The van der Waals surface area contributed by atoms with Crippen LogP contribution in [0, 0.1) is 6.92 Å². The zero-order valence-electron chi connectivity index (χ0n) is 17.4. The molecule has 0 aliphatic rings. The van der Waals surface area contributed by atoms with Gasteiger partial charge in [0.25, 0.3) is 0 Å². The van der Waals surface area contributed by atoms with Crippen molar-refractivity contribution in [3.8, 4) is 11.4 Å². The molecule has 0 bridgehead atoms. The maximum absolute atomic E-state index is 5.34. The summed E-state index contributed by atoms with van der Waals surface area (Å²) in [6.07, 6.45) is 1.94. The lowest BCUT2D eigenvalue weighted by molar-refractivity contribution is 0.414. The third kappa shape index (κ3) is 4.36. The van der Waals surface area contributed by atoms with E-state index >= 15 is 0 Å². The minimum atomic E-state index is 0.839.